The zero-order valence-electron chi connectivity index (χ0n) is 24.1. The third kappa shape index (κ3) is 3.29. The van der Waals surface area contributed by atoms with Crippen LogP contribution in [0.25, 0.3) is 33.0 Å². The van der Waals surface area contributed by atoms with Crippen LogP contribution >= 0.6 is 0 Å². The van der Waals surface area contributed by atoms with Crippen molar-refractivity contribution in [3.05, 3.63) is 150 Å². The Labute approximate surface area is 242 Å². The van der Waals surface area contributed by atoms with Crippen LogP contribution in [0.4, 0.5) is 17.1 Å². The predicted molar refractivity (Wildman–Crippen MR) is 174 cm³/mol. The third-order valence-electron chi connectivity index (χ3n) is 9.65. The number of hydrogen-bond acceptors (Lipinski definition) is 1. The molecule has 6 aromatic carbocycles. The van der Waals surface area contributed by atoms with Crippen LogP contribution in [0.15, 0.2) is 127 Å². The molecule has 0 bridgehead atoms. The van der Waals surface area contributed by atoms with Crippen LogP contribution in [0.2, 0.25) is 0 Å². The third-order valence-corrected chi connectivity index (χ3v) is 9.65. The molecule has 0 unspecified atom stereocenters. The number of benzene rings is 6. The van der Waals surface area contributed by atoms with Gasteiger partial charge in [0.1, 0.15) is 0 Å². The molecule has 0 radical (unpaired) electrons. The highest BCUT2D eigenvalue weighted by Gasteiger charge is 2.37. The summed E-state index contributed by atoms with van der Waals surface area (Å²) in [5, 5.41) is 2.66. The van der Waals surface area contributed by atoms with E-state index in [1.54, 1.807) is 0 Å². The van der Waals surface area contributed by atoms with Crippen molar-refractivity contribution < 1.29 is 0 Å². The molecule has 6 aromatic rings. The fraction of sp³-hybridized carbons (Fsp3) is 0.150. The molecule has 2 aliphatic rings. The van der Waals surface area contributed by atoms with E-state index in [0.29, 0.717) is 0 Å². The number of nitrogens with zero attached hydrogens (tertiary/aromatic N) is 1. The summed E-state index contributed by atoms with van der Waals surface area (Å²) >= 11 is 0. The molecule has 0 heterocycles. The zero-order valence-corrected chi connectivity index (χ0v) is 24.1. The summed E-state index contributed by atoms with van der Waals surface area (Å²) in [4.78, 5) is 2.47. The first-order valence-corrected chi connectivity index (χ1v) is 14.6. The largest absolute Gasteiger partial charge is 0.310 e. The topological polar surface area (TPSA) is 3.24 Å². The Morgan fingerprint density at radius 1 is 0.439 bits per heavy atom. The van der Waals surface area contributed by atoms with Crippen LogP contribution in [0.1, 0.15) is 49.9 Å². The number of rotatable bonds is 3. The first-order valence-electron chi connectivity index (χ1n) is 14.6. The van der Waals surface area contributed by atoms with Crippen molar-refractivity contribution in [1.82, 2.24) is 0 Å². The zero-order chi connectivity index (χ0) is 27.9. The van der Waals surface area contributed by atoms with Crippen molar-refractivity contribution in [1.29, 1.82) is 0 Å². The lowest BCUT2D eigenvalue weighted by Crippen LogP contribution is -2.24. The highest BCUT2D eigenvalue weighted by Crippen LogP contribution is 2.55. The van der Waals surface area contributed by atoms with Crippen LogP contribution in [0.3, 0.4) is 0 Å². The normalized spacial score (nSPS) is 15.2. The van der Waals surface area contributed by atoms with Gasteiger partial charge in [0.25, 0.3) is 0 Å². The summed E-state index contributed by atoms with van der Waals surface area (Å²) in [7, 11) is 0. The van der Waals surface area contributed by atoms with E-state index in [9.17, 15) is 0 Å². The van der Waals surface area contributed by atoms with Gasteiger partial charge in [0.15, 0.2) is 0 Å². The lowest BCUT2D eigenvalue weighted by Gasteiger charge is -2.38. The van der Waals surface area contributed by atoms with Crippen LogP contribution in [0.5, 0.6) is 0 Å². The van der Waals surface area contributed by atoms with Crippen LogP contribution < -0.4 is 4.90 Å². The average Bonchev–Trinajstić information content (AvgIpc) is 3.23. The first-order chi connectivity index (χ1) is 19.9. The maximum Gasteiger partial charge on any atom is 0.0546 e. The lowest BCUT2D eigenvalue weighted by molar-refractivity contribution is 0.645. The van der Waals surface area contributed by atoms with Gasteiger partial charge in [-0.05, 0) is 80.0 Å². The van der Waals surface area contributed by atoms with Gasteiger partial charge in [-0.1, -0.05) is 125 Å². The Hall–Kier alpha value is -4.62. The van der Waals surface area contributed by atoms with Crippen molar-refractivity contribution in [2.45, 2.75) is 38.5 Å². The standard InChI is InChI=1S/C40H33N/c1-39(2)33-19-11-9-17-31(33)38-36(24-21-26-13-12-20-34(39)37(26)38)41(27-14-6-5-7-15-27)28-22-23-30-29-16-8-10-18-32(29)40(3,4)35(30)25-28/h5-25H,1-4H3. The van der Waals surface area contributed by atoms with Gasteiger partial charge in [-0.25, -0.2) is 0 Å². The van der Waals surface area contributed by atoms with Gasteiger partial charge in [-0.15, -0.1) is 0 Å². The van der Waals surface area contributed by atoms with Crippen molar-refractivity contribution in [2.24, 2.45) is 0 Å². The molecule has 41 heavy (non-hydrogen) atoms. The van der Waals surface area contributed by atoms with E-state index in [1.165, 1.54) is 66.7 Å². The van der Waals surface area contributed by atoms with Gasteiger partial charge >= 0.3 is 0 Å². The smallest absolute Gasteiger partial charge is 0.0546 e. The van der Waals surface area contributed by atoms with Crippen molar-refractivity contribution in [3.63, 3.8) is 0 Å². The van der Waals surface area contributed by atoms with Gasteiger partial charge in [-0.3, -0.25) is 0 Å². The second kappa shape index (κ2) is 8.44. The minimum absolute atomic E-state index is 0.0638. The van der Waals surface area contributed by atoms with Crippen molar-refractivity contribution >= 4 is 27.8 Å². The first kappa shape index (κ1) is 24.2. The van der Waals surface area contributed by atoms with Gasteiger partial charge in [0.2, 0.25) is 0 Å². The molecule has 0 saturated heterocycles. The van der Waals surface area contributed by atoms with Gasteiger partial charge in [0.05, 0.1) is 5.69 Å². The summed E-state index contributed by atoms with van der Waals surface area (Å²) in [5.74, 6) is 0. The van der Waals surface area contributed by atoms with Gasteiger partial charge in [0, 0.05) is 27.8 Å². The summed E-state index contributed by atoms with van der Waals surface area (Å²) in [6, 6.07) is 47.3. The minimum atomic E-state index is -0.0807. The molecule has 198 valence electrons. The number of fused-ring (bicyclic) bond motifs is 5. The molecule has 0 N–H and O–H groups in total. The van der Waals surface area contributed by atoms with E-state index in [4.69, 9.17) is 0 Å². The van der Waals surface area contributed by atoms with Crippen molar-refractivity contribution in [2.75, 3.05) is 4.90 Å². The van der Waals surface area contributed by atoms with Crippen molar-refractivity contribution in [3.8, 4) is 22.3 Å². The molecular weight excluding hydrogens is 494 g/mol. The van der Waals surface area contributed by atoms with Crippen LogP contribution in [0, 0.1) is 0 Å². The predicted octanol–water partition coefficient (Wildman–Crippen LogP) is 10.9. The van der Waals surface area contributed by atoms with E-state index < -0.39 is 0 Å². The van der Waals surface area contributed by atoms with Gasteiger partial charge < -0.3 is 4.90 Å². The molecule has 0 aliphatic heterocycles. The number of para-hydroxylation sites is 1. The summed E-state index contributed by atoms with van der Waals surface area (Å²) in [5.41, 5.74) is 14.3. The van der Waals surface area contributed by atoms with E-state index in [0.717, 1.165) is 5.69 Å². The molecular formula is C40H33N. The number of hydrogen-bond donors (Lipinski definition) is 0. The molecule has 2 aliphatic carbocycles. The number of anilines is 3. The van der Waals surface area contributed by atoms with Gasteiger partial charge in [-0.2, -0.15) is 0 Å². The quantitative estimate of drug-likeness (QED) is 0.221. The Bertz CT molecular complexity index is 1990. The highest BCUT2D eigenvalue weighted by molar-refractivity contribution is 6.10. The Morgan fingerprint density at radius 2 is 1.05 bits per heavy atom. The summed E-state index contributed by atoms with van der Waals surface area (Å²) in [6.07, 6.45) is 0. The maximum absolute atomic E-state index is 2.47. The molecule has 0 saturated carbocycles. The monoisotopic (exact) mass is 527 g/mol. The van der Waals surface area contributed by atoms with E-state index >= 15 is 0 Å². The summed E-state index contributed by atoms with van der Waals surface area (Å²) < 4.78 is 0. The van der Waals surface area contributed by atoms with Crippen LogP contribution in [-0.4, -0.2) is 0 Å². The molecule has 8 rings (SSSR count). The Morgan fingerprint density at radius 3 is 1.83 bits per heavy atom. The molecule has 0 aromatic heterocycles. The second-order valence-electron chi connectivity index (χ2n) is 12.6. The SMILES string of the molecule is CC1(C)c2ccccc2-c2ccc(N(c3ccccc3)c3ccc4cccc5c4c3-c3ccccc3C5(C)C)cc21. The molecule has 0 amide bonds. The fourth-order valence-corrected chi connectivity index (χ4v) is 7.57. The fourth-order valence-electron chi connectivity index (χ4n) is 7.57. The second-order valence-corrected chi connectivity index (χ2v) is 12.6. The molecule has 0 fully saturated rings. The van der Waals surface area contributed by atoms with E-state index in [1.807, 2.05) is 0 Å². The lowest BCUT2D eigenvalue weighted by atomic mass is 9.68. The molecule has 0 spiro atoms. The molecule has 0 atom stereocenters. The highest BCUT2D eigenvalue weighted by atomic mass is 15.1. The Balaban J connectivity index is 1.44. The maximum atomic E-state index is 2.47. The minimum Gasteiger partial charge on any atom is -0.310 e. The van der Waals surface area contributed by atoms with E-state index in [-0.39, 0.29) is 10.8 Å². The molecule has 1 heteroatoms. The Kier molecular flexibility index (Phi) is 4.98. The van der Waals surface area contributed by atoms with Crippen LogP contribution in [-0.2, 0) is 10.8 Å². The van der Waals surface area contributed by atoms with E-state index in [2.05, 4.69) is 160 Å². The summed E-state index contributed by atoms with van der Waals surface area (Å²) in [6.45, 7) is 9.45. The molecule has 1 nitrogen and oxygen atoms in total. The average molecular weight is 528 g/mol.